The van der Waals surface area contributed by atoms with E-state index in [1.54, 1.807) is 34.2 Å². The van der Waals surface area contributed by atoms with Gasteiger partial charge in [-0.3, -0.25) is 9.59 Å². The number of piperazine rings is 1. The molecule has 3 heterocycles. The van der Waals surface area contributed by atoms with Gasteiger partial charge in [0.1, 0.15) is 11.4 Å². The van der Waals surface area contributed by atoms with Gasteiger partial charge in [0.15, 0.2) is 0 Å². The molecule has 1 N–H and O–H groups in total. The molecule has 4 aromatic rings. The van der Waals surface area contributed by atoms with Crippen LogP contribution in [0.15, 0.2) is 78.2 Å². The Kier molecular flexibility index (Phi) is 6.24. The number of carbonyl (C=O) groups excluding carboxylic acids is 2. The molecule has 1 saturated heterocycles. The maximum absolute atomic E-state index is 13.5. The Morgan fingerprint density at radius 2 is 1.65 bits per heavy atom. The molecule has 1 aliphatic heterocycles. The predicted molar refractivity (Wildman–Crippen MR) is 135 cm³/mol. The lowest BCUT2D eigenvalue weighted by Gasteiger charge is -2.32. The minimum absolute atomic E-state index is 0.0696. The van der Waals surface area contributed by atoms with E-state index in [2.05, 4.69) is 17.3 Å². The van der Waals surface area contributed by atoms with Crippen molar-refractivity contribution >= 4 is 28.8 Å². The fourth-order valence-electron chi connectivity index (χ4n) is 4.00. The van der Waals surface area contributed by atoms with Gasteiger partial charge < -0.3 is 15.1 Å². The second-order valence-electron chi connectivity index (χ2n) is 8.23. The molecule has 0 radical (unpaired) electrons. The normalized spacial score (nSPS) is 14.2. The van der Waals surface area contributed by atoms with Gasteiger partial charge in [-0.05, 0) is 48.8 Å². The van der Waals surface area contributed by atoms with Crippen LogP contribution in [-0.4, -0.2) is 64.6 Å². The third-order valence-corrected chi connectivity index (χ3v) is 6.80. The monoisotopic (exact) mass is 471 g/mol. The van der Waals surface area contributed by atoms with Crippen LogP contribution >= 0.6 is 11.3 Å². The van der Waals surface area contributed by atoms with Crippen molar-refractivity contribution in [2.24, 2.45) is 0 Å². The molecule has 2 aromatic carbocycles. The van der Waals surface area contributed by atoms with Crippen LogP contribution in [0.3, 0.4) is 0 Å². The summed E-state index contributed by atoms with van der Waals surface area (Å²) >= 11 is 1.57. The Balaban J connectivity index is 1.46. The number of carbonyl (C=O) groups is 2. The number of likely N-dealkylation sites (N-methyl/N-ethyl adjacent to an activating group) is 1. The van der Waals surface area contributed by atoms with E-state index in [4.69, 9.17) is 5.10 Å². The van der Waals surface area contributed by atoms with Crippen LogP contribution in [0.25, 0.3) is 16.3 Å². The van der Waals surface area contributed by atoms with Gasteiger partial charge in [-0.1, -0.05) is 36.4 Å². The summed E-state index contributed by atoms with van der Waals surface area (Å²) in [7, 11) is 2.05. The quantitative estimate of drug-likeness (QED) is 0.473. The van der Waals surface area contributed by atoms with Gasteiger partial charge in [0.25, 0.3) is 11.8 Å². The number of nitrogens with zero attached hydrogens (tertiary/aromatic N) is 4. The van der Waals surface area contributed by atoms with Crippen molar-refractivity contribution in [3.05, 3.63) is 89.4 Å². The Hall–Kier alpha value is -3.75. The SMILES string of the molecule is CN1CCN(C(=O)c2ccccc2NC(=O)c2cc(-c3cccs3)nn2-c2ccccc2)CC1. The average molecular weight is 472 g/mol. The number of thiophene rings is 1. The summed E-state index contributed by atoms with van der Waals surface area (Å²) < 4.78 is 1.65. The van der Waals surface area contributed by atoms with Gasteiger partial charge in [-0.2, -0.15) is 5.10 Å². The molecule has 0 aliphatic carbocycles. The first kappa shape index (κ1) is 22.1. The van der Waals surface area contributed by atoms with Crippen LogP contribution in [0.2, 0.25) is 0 Å². The molecule has 0 saturated carbocycles. The highest BCUT2D eigenvalue weighted by atomic mass is 32.1. The molecular formula is C26H25N5O2S. The van der Waals surface area contributed by atoms with Gasteiger partial charge in [-0.25, -0.2) is 4.68 Å². The molecule has 34 heavy (non-hydrogen) atoms. The number of hydrogen-bond acceptors (Lipinski definition) is 5. The van der Waals surface area contributed by atoms with E-state index >= 15 is 0 Å². The minimum Gasteiger partial charge on any atom is -0.336 e. The van der Waals surface area contributed by atoms with Crippen LogP contribution in [0.5, 0.6) is 0 Å². The summed E-state index contributed by atoms with van der Waals surface area (Å²) in [6, 6.07) is 22.5. The van der Waals surface area contributed by atoms with Crippen LogP contribution in [0.4, 0.5) is 5.69 Å². The zero-order chi connectivity index (χ0) is 23.5. The van der Waals surface area contributed by atoms with Crippen molar-refractivity contribution < 1.29 is 9.59 Å². The molecule has 7 nitrogen and oxygen atoms in total. The Morgan fingerprint density at radius 3 is 2.38 bits per heavy atom. The largest absolute Gasteiger partial charge is 0.336 e. The number of nitrogens with one attached hydrogen (secondary N) is 1. The highest BCUT2D eigenvalue weighted by Crippen LogP contribution is 2.27. The molecule has 0 bridgehead atoms. The molecule has 1 fully saturated rings. The van der Waals surface area contributed by atoms with Crippen molar-refractivity contribution in [2.75, 3.05) is 38.5 Å². The predicted octanol–water partition coefficient (Wildman–Crippen LogP) is 4.24. The fraction of sp³-hybridized carbons (Fsp3) is 0.192. The third-order valence-electron chi connectivity index (χ3n) is 5.91. The summed E-state index contributed by atoms with van der Waals surface area (Å²) in [6.07, 6.45) is 0. The minimum atomic E-state index is -0.321. The standard InChI is InChI=1S/C26H25N5O2S/c1-29-13-15-30(16-14-29)26(33)20-10-5-6-11-21(20)27-25(32)23-18-22(24-12-7-17-34-24)28-31(23)19-8-3-2-4-9-19/h2-12,17-18H,13-16H2,1H3,(H,27,32). The molecule has 1 aliphatic rings. The molecule has 8 heteroatoms. The second kappa shape index (κ2) is 9.62. The van der Waals surface area contributed by atoms with Crippen molar-refractivity contribution in [3.8, 4) is 16.3 Å². The van der Waals surface area contributed by atoms with Gasteiger partial charge in [0, 0.05) is 26.2 Å². The van der Waals surface area contributed by atoms with Crippen LogP contribution in [0, 0.1) is 0 Å². The smallest absolute Gasteiger partial charge is 0.274 e. The van der Waals surface area contributed by atoms with Gasteiger partial charge >= 0.3 is 0 Å². The first-order valence-electron chi connectivity index (χ1n) is 11.2. The highest BCUT2D eigenvalue weighted by molar-refractivity contribution is 7.13. The van der Waals surface area contributed by atoms with Crippen LogP contribution < -0.4 is 5.32 Å². The van der Waals surface area contributed by atoms with E-state index in [-0.39, 0.29) is 11.8 Å². The number of hydrogen-bond donors (Lipinski definition) is 1. The van der Waals surface area contributed by atoms with Crippen LogP contribution in [0.1, 0.15) is 20.8 Å². The Bertz CT molecular complexity index is 1290. The third kappa shape index (κ3) is 4.50. The lowest BCUT2D eigenvalue weighted by molar-refractivity contribution is 0.0665. The second-order valence-corrected chi connectivity index (χ2v) is 9.18. The Labute approximate surface area is 202 Å². The summed E-state index contributed by atoms with van der Waals surface area (Å²) in [4.78, 5) is 31.7. The lowest BCUT2D eigenvalue weighted by atomic mass is 10.1. The number of aromatic nitrogens is 2. The number of benzene rings is 2. The molecular weight excluding hydrogens is 446 g/mol. The number of anilines is 1. The van der Waals surface area contributed by atoms with Crippen molar-refractivity contribution in [3.63, 3.8) is 0 Å². The molecule has 172 valence electrons. The Morgan fingerprint density at radius 1 is 0.912 bits per heavy atom. The van der Waals surface area contributed by atoms with Crippen molar-refractivity contribution in [1.82, 2.24) is 19.6 Å². The highest BCUT2D eigenvalue weighted by Gasteiger charge is 2.24. The summed E-state index contributed by atoms with van der Waals surface area (Å²) in [5, 5.41) is 9.66. The first-order valence-corrected chi connectivity index (χ1v) is 12.1. The van der Waals surface area contributed by atoms with E-state index in [9.17, 15) is 9.59 Å². The maximum atomic E-state index is 13.5. The van der Waals surface area contributed by atoms with Crippen molar-refractivity contribution in [2.45, 2.75) is 0 Å². The van der Waals surface area contributed by atoms with Gasteiger partial charge in [0.05, 0.1) is 21.8 Å². The summed E-state index contributed by atoms with van der Waals surface area (Å²) in [5.41, 5.74) is 2.90. The molecule has 0 spiro atoms. The van der Waals surface area contributed by atoms with E-state index in [1.165, 1.54) is 0 Å². The topological polar surface area (TPSA) is 70.5 Å². The van der Waals surface area contributed by atoms with Crippen molar-refractivity contribution in [1.29, 1.82) is 0 Å². The van der Waals surface area contributed by atoms with E-state index in [1.807, 2.05) is 64.9 Å². The average Bonchev–Trinajstić information content (AvgIpc) is 3.55. The lowest BCUT2D eigenvalue weighted by Crippen LogP contribution is -2.47. The number of rotatable bonds is 5. The maximum Gasteiger partial charge on any atom is 0.274 e. The fourth-order valence-corrected chi connectivity index (χ4v) is 4.68. The number of para-hydroxylation sites is 2. The number of amides is 2. The van der Waals surface area contributed by atoms with Crippen LogP contribution in [-0.2, 0) is 0 Å². The van der Waals surface area contributed by atoms with E-state index in [0.717, 1.165) is 29.3 Å². The first-order chi connectivity index (χ1) is 16.6. The molecule has 5 rings (SSSR count). The summed E-state index contributed by atoms with van der Waals surface area (Å²) in [5.74, 6) is -0.391. The van der Waals surface area contributed by atoms with E-state index in [0.29, 0.717) is 30.0 Å². The van der Waals surface area contributed by atoms with Gasteiger partial charge in [-0.15, -0.1) is 11.3 Å². The summed E-state index contributed by atoms with van der Waals surface area (Å²) in [6.45, 7) is 3.01. The molecule has 2 aromatic heterocycles. The molecule has 2 amide bonds. The van der Waals surface area contributed by atoms with Gasteiger partial charge in [0.2, 0.25) is 0 Å². The van der Waals surface area contributed by atoms with E-state index < -0.39 is 0 Å². The zero-order valence-electron chi connectivity index (χ0n) is 18.8. The zero-order valence-corrected chi connectivity index (χ0v) is 19.7. The molecule has 0 atom stereocenters. The molecule has 0 unspecified atom stereocenters.